The lowest BCUT2D eigenvalue weighted by Gasteiger charge is -2.22. The maximum atomic E-state index is 13.2. The molecule has 2 aromatic carbocycles. The Balaban J connectivity index is 1.74. The Labute approximate surface area is 179 Å². The molecule has 7 nitrogen and oxygen atoms in total. The topological polar surface area (TPSA) is 103 Å². The van der Waals surface area contributed by atoms with E-state index in [0.29, 0.717) is 16.8 Å². The predicted octanol–water partition coefficient (Wildman–Crippen LogP) is 3.71. The lowest BCUT2D eigenvalue weighted by molar-refractivity contribution is -0.122. The number of carbonyl (C=O) groups is 3. The van der Waals surface area contributed by atoms with Gasteiger partial charge in [-0.2, -0.15) is 0 Å². The Hall–Kier alpha value is -3.20. The SMILES string of the molecule is Cc1c(C(=O)OCC(=O)N(CCC(N)=O)c2ccc(F)cc2)oc2ccc(Br)cc12. The molecule has 2 amide bonds. The maximum Gasteiger partial charge on any atom is 0.375 e. The van der Waals surface area contributed by atoms with E-state index in [0.717, 1.165) is 9.86 Å². The summed E-state index contributed by atoms with van der Waals surface area (Å²) < 4.78 is 24.7. The molecule has 1 heterocycles. The average molecular weight is 477 g/mol. The number of benzene rings is 2. The molecule has 0 aliphatic carbocycles. The Morgan fingerprint density at radius 3 is 2.53 bits per heavy atom. The summed E-state index contributed by atoms with van der Waals surface area (Å²) in [4.78, 5) is 37.5. The third-order valence-corrected chi connectivity index (χ3v) is 4.92. The molecule has 0 radical (unpaired) electrons. The monoisotopic (exact) mass is 476 g/mol. The molecule has 0 unspecified atom stereocenters. The molecule has 0 bridgehead atoms. The van der Waals surface area contributed by atoms with Gasteiger partial charge in [-0.05, 0) is 49.4 Å². The smallest absolute Gasteiger partial charge is 0.375 e. The quantitative estimate of drug-likeness (QED) is 0.523. The lowest BCUT2D eigenvalue weighted by Crippen LogP contribution is -2.37. The summed E-state index contributed by atoms with van der Waals surface area (Å²) >= 11 is 3.37. The number of rotatable bonds is 7. The van der Waals surface area contributed by atoms with E-state index in [1.807, 2.05) is 6.07 Å². The Kier molecular flexibility index (Phi) is 6.51. The van der Waals surface area contributed by atoms with Gasteiger partial charge in [0.05, 0.1) is 0 Å². The molecule has 0 aliphatic heterocycles. The number of anilines is 1. The summed E-state index contributed by atoms with van der Waals surface area (Å²) in [6.07, 6.45) is -0.103. The minimum Gasteiger partial charge on any atom is -0.450 e. The van der Waals surface area contributed by atoms with E-state index < -0.39 is 30.2 Å². The number of furan rings is 1. The van der Waals surface area contributed by atoms with Crippen molar-refractivity contribution in [3.63, 3.8) is 0 Å². The van der Waals surface area contributed by atoms with Crippen LogP contribution in [0.5, 0.6) is 0 Å². The van der Waals surface area contributed by atoms with Crippen LogP contribution in [0.2, 0.25) is 0 Å². The molecule has 2 N–H and O–H groups in total. The molecule has 156 valence electrons. The van der Waals surface area contributed by atoms with Crippen molar-refractivity contribution in [3.8, 4) is 0 Å². The molecule has 0 atom stereocenters. The van der Waals surface area contributed by atoms with Gasteiger partial charge < -0.3 is 19.8 Å². The molecule has 0 spiro atoms. The summed E-state index contributed by atoms with van der Waals surface area (Å²) in [5, 5.41) is 0.747. The Bertz CT molecular complexity index is 1110. The first-order chi connectivity index (χ1) is 14.3. The normalized spacial score (nSPS) is 10.8. The molecule has 30 heavy (non-hydrogen) atoms. The van der Waals surface area contributed by atoms with Gasteiger partial charge in [0.25, 0.3) is 5.91 Å². The molecule has 0 saturated carbocycles. The van der Waals surface area contributed by atoms with Crippen LogP contribution in [0.3, 0.4) is 0 Å². The number of fused-ring (bicyclic) bond motifs is 1. The lowest BCUT2D eigenvalue weighted by atomic mass is 10.1. The average Bonchev–Trinajstić information content (AvgIpc) is 3.03. The van der Waals surface area contributed by atoms with Gasteiger partial charge >= 0.3 is 5.97 Å². The highest BCUT2D eigenvalue weighted by molar-refractivity contribution is 9.10. The van der Waals surface area contributed by atoms with Crippen LogP contribution in [0.1, 0.15) is 22.5 Å². The maximum absolute atomic E-state index is 13.2. The van der Waals surface area contributed by atoms with Gasteiger partial charge in [0.1, 0.15) is 11.4 Å². The fraction of sp³-hybridized carbons (Fsp3) is 0.190. The van der Waals surface area contributed by atoms with Gasteiger partial charge in [-0.3, -0.25) is 9.59 Å². The Morgan fingerprint density at radius 2 is 1.87 bits per heavy atom. The van der Waals surface area contributed by atoms with Crippen LogP contribution >= 0.6 is 15.9 Å². The van der Waals surface area contributed by atoms with Crippen molar-refractivity contribution in [2.24, 2.45) is 5.73 Å². The summed E-state index contributed by atoms with van der Waals surface area (Å²) in [7, 11) is 0. The van der Waals surface area contributed by atoms with Crippen molar-refractivity contribution in [2.75, 3.05) is 18.1 Å². The highest BCUT2D eigenvalue weighted by Gasteiger charge is 2.23. The second kappa shape index (κ2) is 9.08. The van der Waals surface area contributed by atoms with Crippen molar-refractivity contribution in [1.82, 2.24) is 0 Å². The highest BCUT2D eigenvalue weighted by Crippen LogP contribution is 2.28. The van der Waals surface area contributed by atoms with Crippen LogP contribution in [-0.2, 0) is 14.3 Å². The molecule has 1 aromatic heterocycles. The number of ether oxygens (including phenoxy) is 1. The number of nitrogens with zero attached hydrogens (tertiary/aromatic N) is 1. The number of nitrogens with two attached hydrogens (primary N) is 1. The molecule has 3 aromatic rings. The molecule has 0 aliphatic rings. The van der Waals surface area contributed by atoms with Crippen LogP contribution in [0.15, 0.2) is 51.4 Å². The van der Waals surface area contributed by atoms with Crippen molar-refractivity contribution in [3.05, 3.63) is 64.1 Å². The number of hydrogen-bond donors (Lipinski definition) is 1. The van der Waals surface area contributed by atoms with Crippen LogP contribution in [0.4, 0.5) is 10.1 Å². The summed E-state index contributed by atoms with van der Waals surface area (Å²) in [6.45, 7) is 1.10. The zero-order valence-corrected chi connectivity index (χ0v) is 17.6. The predicted molar refractivity (Wildman–Crippen MR) is 111 cm³/mol. The second-order valence-electron chi connectivity index (χ2n) is 6.51. The number of esters is 1. The van der Waals surface area contributed by atoms with Crippen molar-refractivity contribution in [1.29, 1.82) is 0 Å². The highest BCUT2D eigenvalue weighted by atomic mass is 79.9. The Morgan fingerprint density at radius 1 is 1.17 bits per heavy atom. The molecular formula is C21H18BrFN2O5. The minimum atomic E-state index is -0.790. The minimum absolute atomic E-state index is 0.00127. The number of hydrogen-bond acceptors (Lipinski definition) is 5. The molecule has 9 heteroatoms. The van der Waals surface area contributed by atoms with E-state index in [2.05, 4.69) is 15.9 Å². The summed E-state index contributed by atoms with van der Waals surface area (Å²) in [5.74, 6) is -2.45. The van der Waals surface area contributed by atoms with Crippen LogP contribution in [0, 0.1) is 12.7 Å². The van der Waals surface area contributed by atoms with E-state index >= 15 is 0 Å². The van der Waals surface area contributed by atoms with Gasteiger partial charge in [-0.1, -0.05) is 15.9 Å². The van der Waals surface area contributed by atoms with Crippen LogP contribution < -0.4 is 10.6 Å². The van der Waals surface area contributed by atoms with E-state index in [1.165, 1.54) is 29.2 Å². The molecule has 0 fully saturated rings. The fourth-order valence-corrected chi connectivity index (χ4v) is 3.26. The number of amides is 2. The van der Waals surface area contributed by atoms with Gasteiger partial charge in [0, 0.05) is 34.1 Å². The standard InChI is InChI=1S/C21H18BrFN2O5/c1-12-16-10-13(22)2-7-17(16)30-20(12)21(28)29-11-19(27)25(9-8-18(24)26)15-5-3-14(23)4-6-15/h2-7,10H,8-9,11H2,1H3,(H2,24,26). The molecule has 3 rings (SSSR count). The van der Waals surface area contributed by atoms with E-state index in [4.69, 9.17) is 14.9 Å². The summed E-state index contributed by atoms with van der Waals surface area (Å²) in [6, 6.07) is 10.5. The first-order valence-corrected chi connectivity index (χ1v) is 9.75. The van der Waals surface area contributed by atoms with Crippen LogP contribution in [-0.4, -0.2) is 30.9 Å². The van der Waals surface area contributed by atoms with Crippen molar-refractivity contribution in [2.45, 2.75) is 13.3 Å². The van der Waals surface area contributed by atoms with Crippen molar-refractivity contribution < 1.29 is 27.9 Å². The number of halogens is 2. The third kappa shape index (κ3) is 4.85. The molecular weight excluding hydrogens is 459 g/mol. The van der Waals surface area contributed by atoms with Gasteiger partial charge in [-0.15, -0.1) is 0 Å². The molecule has 0 saturated heterocycles. The van der Waals surface area contributed by atoms with E-state index in [1.54, 1.807) is 19.1 Å². The van der Waals surface area contributed by atoms with Crippen molar-refractivity contribution >= 4 is 50.4 Å². The zero-order valence-electron chi connectivity index (χ0n) is 16.0. The largest absolute Gasteiger partial charge is 0.450 e. The van der Waals surface area contributed by atoms with Gasteiger partial charge in [0.15, 0.2) is 6.61 Å². The zero-order chi connectivity index (χ0) is 21.8. The fourth-order valence-electron chi connectivity index (χ4n) is 2.90. The first-order valence-electron chi connectivity index (χ1n) is 8.96. The first kappa shape index (κ1) is 21.5. The van der Waals surface area contributed by atoms with E-state index in [-0.39, 0.29) is 18.7 Å². The van der Waals surface area contributed by atoms with Gasteiger partial charge in [-0.25, -0.2) is 9.18 Å². The van der Waals surface area contributed by atoms with E-state index in [9.17, 15) is 18.8 Å². The third-order valence-electron chi connectivity index (χ3n) is 4.43. The number of primary amides is 1. The second-order valence-corrected chi connectivity index (χ2v) is 7.43. The van der Waals surface area contributed by atoms with Crippen LogP contribution in [0.25, 0.3) is 11.0 Å². The van der Waals surface area contributed by atoms with Gasteiger partial charge in [0.2, 0.25) is 11.7 Å². The summed E-state index contributed by atoms with van der Waals surface area (Å²) in [5.41, 5.74) is 6.63. The number of aryl methyl sites for hydroxylation is 1. The number of carbonyl (C=O) groups excluding carboxylic acids is 3.